The Morgan fingerprint density at radius 1 is 1.50 bits per heavy atom. The molecular weight excluding hydrogens is 200 g/mol. The summed E-state index contributed by atoms with van der Waals surface area (Å²) in [6, 6.07) is 5.04. The zero-order valence-corrected chi connectivity index (χ0v) is 8.30. The van der Waals surface area contributed by atoms with Gasteiger partial charge in [0.05, 0.1) is 15.8 Å². The molecule has 0 fully saturated rings. The van der Waals surface area contributed by atoms with Gasteiger partial charge in [-0.05, 0) is 12.3 Å². The van der Waals surface area contributed by atoms with E-state index in [0.717, 1.165) is 10.4 Å². The number of non-ortho nitro benzene ring substituents is 1. The van der Waals surface area contributed by atoms with Crippen LogP contribution < -0.4 is 0 Å². The molecule has 72 valence electrons. The molecule has 1 aromatic heterocycles. The molecule has 0 bridgehead atoms. The number of rotatable bonds is 2. The lowest BCUT2D eigenvalue weighted by atomic mass is 10.2. The lowest BCUT2D eigenvalue weighted by molar-refractivity contribution is -0.383. The molecule has 2 aromatic rings. The number of fused-ring (bicyclic) bond motifs is 1. The highest BCUT2D eigenvalue weighted by molar-refractivity contribution is 7.98. The molecule has 0 amide bonds. The molecule has 0 radical (unpaired) electrons. The molecule has 0 spiro atoms. The maximum absolute atomic E-state index is 10.8. The van der Waals surface area contributed by atoms with Crippen molar-refractivity contribution >= 4 is 28.4 Å². The van der Waals surface area contributed by atoms with Gasteiger partial charge in [-0.1, -0.05) is 6.07 Å². The summed E-state index contributed by atoms with van der Waals surface area (Å²) in [6.07, 6.45) is 3.70. The van der Waals surface area contributed by atoms with E-state index in [1.165, 1.54) is 17.8 Å². The Morgan fingerprint density at radius 2 is 2.29 bits per heavy atom. The van der Waals surface area contributed by atoms with Crippen LogP contribution >= 0.6 is 11.8 Å². The van der Waals surface area contributed by atoms with Gasteiger partial charge in [0.2, 0.25) is 0 Å². The van der Waals surface area contributed by atoms with Gasteiger partial charge in [0, 0.05) is 17.2 Å². The Labute approximate surface area is 84.5 Å². The zero-order chi connectivity index (χ0) is 10.1. The minimum atomic E-state index is -0.351. The molecule has 1 N–H and O–H groups in total. The van der Waals surface area contributed by atoms with E-state index in [0.29, 0.717) is 5.39 Å². The van der Waals surface area contributed by atoms with Crippen molar-refractivity contribution in [3.63, 3.8) is 0 Å². The summed E-state index contributed by atoms with van der Waals surface area (Å²) in [7, 11) is 0. The highest BCUT2D eigenvalue weighted by atomic mass is 32.2. The van der Waals surface area contributed by atoms with Crippen LogP contribution in [-0.2, 0) is 0 Å². The van der Waals surface area contributed by atoms with Crippen LogP contribution in [0.25, 0.3) is 10.9 Å². The lowest BCUT2D eigenvalue weighted by Crippen LogP contribution is -1.88. The Kier molecular flexibility index (Phi) is 2.17. The van der Waals surface area contributed by atoms with E-state index < -0.39 is 0 Å². The largest absolute Gasteiger partial charge is 0.360 e. The average Bonchev–Trinajstić information content (AvgIpc) is 2.59. The fourth-order valence-corrected chi connectivity index (χ4v) is 2.04. The summed E-state index contributed by atoms with van der Waals surface area (Å²) in [5.41, 5.74) is 0.969. The highest BCUT2D eigenvalue weighted by Crippen LogP contribution is 2.33. The van der Waals surface area contributed by atoms with Gasteiger partial charge in [-0.15, -0.1) is 11.8 Å². The summed E-state index contributed by atoms with van der Waals surface area (Å²) < 4.78 is 0. The zero-order valence-electron chi connectivity index (χ0n) is 7.48. The normalized spacial score (nSPS) is 10.6. The standard InChI is InChI=1S/C9H8N2O2S/c1-14-8-5-10-6-3-2-4-7(9(6)8)11(12)13/h2-5,10H,1H3. The molecule has 0 aliphatic rings. The number of thioether (sulfide) groups is 1. The third-order valence-corrected chi connectivity index (χ3v) is 2.83. The first-order chi connectivity index (χ1) is 6.74. The first kappa shape index (κ1) is 9.08. The second-order valence-corrected chi connectivity index (χ2v) is 3.66. The van der Waals surface area contributed by atoms with Crippen molar-refractivity contribution in [2.24, 2.45) is 0 Å². The number of H-pyrrole nitrogens is 1. The maximum atomic E-state index is 10.8. The summed E-state index contributed by atoms with van der Waals surface area (Å²) in [6.45, 7) is 0. The van der Waals surface area contributed by atoms with Crippen LogP contribution in [0.5, 0.6) is 0 Å². The summed E-state index contributed by atoms with van der Waals surface area (Å²) in [5.74, 6) is 0. The molecule has 4 nitrogen and oxygen atoms in total. The second-order valence-electron chi connectivity index (χ2n) is 2.81. The summed E-state index contributed by atoms with van der Waals surface area (Å²) >= 11 is 1.50. The van der Waals surface area contributed by atoms with Crippen molar-refractivity contribution in [1.82, 2.24) is 4.98 Å². The van der Waals surface area contributed by atoms with Crippen LogP contribution in [0.2, 0.25) is 0 Å². The Bertz CT molecular complexity index is 493. The molecular formula is C9H8N2O2S. The van der Waals surface area contributed by atoms with Crippen molar-refractivity contribution < 1.29 is 4.92 Å². The fraction of sp³-hybridized carbons (Fsp3) is 0.111. The number of hydrogen-bond donors (Lipinski definition) is 1. The number of hydrogen-bond acceptors (Lipinski definition) is 3. The van der Waals surface area contributed by atoms with Crippen LogP contribution in [0.4, 0.5) is 5.69 Å². The average molecular weight is 208 g/mol. The molecule has 0 aliphatic heterocycles. The predicted molar refractivity (Wildman–Crippen MR) is 56.7 cm³/mol. The number of nitro benzene ring substituents is 1. The van der Waals surface area contributed by atoms with E-state index >= 15 is 0 Å². The van der Waals surface area contributed by atoms with Gasteiger partial charge in [-0.2, -0.15) is 0 Å². The van der Waals surface area contributed by atoms with Gasteiger partial charge in [0.1, 0.15) is 0 Å². The quantitative estimate of drug-likeness (QED) is 0.469. The molecule has 0 aliphatic carbocycles. The number of aromatic amines is 1. The minimum Gasteiger partial charge on any atom is -0.360 e. The first-order valence-electron chi connectivity index (χ1n) is 4.02. The van der Waals surface area contributed by atoms with Crippen molar-refractivity contribution in [2.45, 2.75) is 4.90 Å². The molecule has 2 rings (SSSR count). The van der Waals surface area contributed by atoms with Crippen molar-refractivity contribution in [3.05, 3.63) is 34.5 Å². The fourth-order valence-electron chi connectivity index (χ4n) is 1.45. The van der Waals surface area contributed by atoms with E-state index in [4.69, 9.17) is 0 Å². The lowest BCUT2D eigenvalue weighted by Gasteiger charge is -1.95. The van der Waals surface area contributed by atoms with E-state index in [-0.39, 0.29) is 10.6 Å². The van der Waals surface area contributed by atoms with Crippen molar-refractivity contribution in [3.8, 4) is 0 Å². The van der Waals surface area contributed by atoms with Crippen LogP contribution in [-0.4, -0.2) is 16.2 Å². The molecule has 5 heteroatoms. The van der Waals surface area contributed by atoms with E-state index in [9.17, 15) is 10.1 Å². The van der Waals surface area contributed by atoms with Crippen molar-refractivity contribution in [1.29, 1.82) is 0 Å². The SMILES string of the molecule is CSc1c[nH]c2cccc([N+](=O)[O-])c12. The van der Waals surface area contributed by atoms with Gasteiger partial charge in [0.15, 0.2) is 0 Å². The molecule has 1 aromatic carbocycles. The van der Waals surface area contributed by atoms with E-state index in [1.807, 2.05) is 12.3 Å². The van der Waals surface area contributed by atoms with E-state index in [1.54, 1.807) is 12.3 Å². The van der Waals surface area contributed by atoms with Gasteiger partial charge in [0.25, 0.3) is 5.69 Å². The predicted octanol–water partition coefficient (Wildman–Crippen LogP) is 2.80. The molecule has 0 saturated carbocycles. The minimum absolute atomic E-state index is 0.160. The Hall–Kier alpha value is -1.49. The monoisotopic (exact) mass is 208 g/mol. The number of benzene rings is 1. The summed E-state index contributed by atoms with van der Waals surface area (Å²) in [5, 5.41) is 11.5. The van der Waals surface area contributed by atoms with Gasteiger partial charge in [-0.3, -0.25) is 10.1 Å². The van der Waals surface area contributed by atoms with Crippen molar-refractivity contribution in [2.75, 3.05) is 6.26 Å². The summed E-state index contributed by atoms with van der Waals surface area (Å²) in [4.78, 5) is 14.3. The van der Waals surface area contributed by atoms with Gasteiger partial charge >= 0.3 is 0 Å². The number of nitro groups is 1. The third-order valence-electron chi connectivity index (χ3n) is 2.06. The smallest absolute Gasteiger partial charge is 0.279 e. The first-order valence-corrected chi connectivity index (χ1v) is 5.25. The van der Waals surface area contributed by atoms with Crippen LogP contribution in [0.1, 0.15) is 0 Å². The van der Waals surface area contributed by atoms with Crippen LogP contribution in [0.3, 0.4) is 0 Å². The molecule has 0 atom stereocenters. The van der Waals surface area contributed by atoms with E-state index in [2.05, 4.69) is 4.98 Å². The van der Waals surface area contributed by atoms with Gasteiger partial charge < -0.3 is 4.98 Å². The van der Waals surface area contributed by atoms with Gasteiger partial charge in [-0.25, -0.2) is 0 Å². The molecule has 0 saturated heterocycles. The number of nitrogens with one attached hydrogen (secondary N) is 1. The highest BCUT2D eigenvalue weighted by Gasteiger charge is 2.15. The Morgan fingerprint density at radius 3 is 2.93 bits per heavy atom. The number of nitrogens with zero attached hydrogens (tertiary/aromatic N) is 1. The van der Waals surface area contributed by atoms with Crippen LogP contribution in [0, 0.1) is 10.1 Å². The topological polar surface area (TPSA) is 58.9 Å². The Balaban J connectivity index is 2.81. The number of aromatic nitrogens is 1. The maximum Gasteiger partial charge on any atom is 0.279 e. The molecule has 0 unspecified atom stereocenters. The molecule has 14 heavy (non-hydrogen) atoms. The van der Waals surface area contributed by atoms with Crippen LogP contribution in [0.15, 0.2) is 29.3 Å². The third kappa shape index (κ3) is 1.26. The second kappa shape index (κ2) is 3.34. The molecule has 1 heterocycles.